The fraction of sp³-hybridized carbons (Fsp3) is 0.267. The quantitative estimate of drug-likeness (QED) is 0.698. The van der Waals surface area contributed by atoms with Gasteiger partial charge in [0.2, 0.25) is 0 Å². The van der Waals surface area contributed by atoms with Gasteiger partial charge in [-0.25, -0.2) is 5.14 Å². The lowest BCUT2D eigenvalue weighted by molar-refractivity contribution is -0.115. The van der Waals surface area contributed by atoms with Crippen molar-refractivity contribution in [1.82, 2.24) is 14.6 Å². The van der Waals surface area contributed by atoms with Crippen molar-refractivity contribution in [3.8, 4) is 0 Å². The normalized spacial score (nSPS) is 20.6. The van der Waals surface area contributed by atoms with Gasteiger partial charge in [0.25, 0.3) is 21.4 Å². The van der Waals surface area contributed by atoms with Crippen LogP contribution in [0.1, 0.15) is 5.76 Å². The van der Waals surface area contributed by atoms with Gasteiger partial charge in [-0.15, -0.1) is 0 Å². The Balaban J connectivity index is 1.62. The second-order valence-electron chi connectivity index (χ2n) is 6.01. The maximum atomic E-state index is 11.7. The molecule has 4 rings (SSSR count). The van der Waals surface area contributed by atoms with Gasteiger partial charge in [0.1, 0.15) is 5.76 Å². The van der Waals surface area contributed by atoms with Crippen molar-refractivity contribution in [2.24, 2.45) is 5.14 Å². The van der Waals surface area contributed by atoms with E-state index < -0.39 is 21.4 Å². The van der Waals surface area contributed by atoms with E-state index in [-0.39, 0.29) is 18.0 Å². The van der Waals surface area contributed by atoms with Crippen LogP contribution in [0.25, 0.3) is 17.0 Å². The van der Waals surface area contributed by atoms with Crippen molar-refractivity contribution in [1.29, 1.82) is 0 Å². The molecule has 2 fully saturated rings. The van der Waals surface area contributed by atoms with Gasteiger partial charge in [-0.05, 0) is 17.8 Å². The summed E-state index contributed by atoms with van der Waals surface area (Å²) in [5, 5.41) is 7.68. The van der Waals surface area contributed by atoms with Crippen molar-refractivity contribution in [3.63, 3.8) is 0 Å². The number of rotatable bonds is 3. The molecule has 2 aliphatic heterocycles. The first-order valence-corrected chi connectivity index (χ1v) is 10.3. The molecule has 0 spiro atoms. The van der Waals surface area contributed by atoms with E-state index >= 15 is 0 Å². The SMILES string of the molecule is NS(=O)(=O)N1CCN(c2cncc3cc(/C=C4/SC(=O)NC4=O)oc23)CC1. The lowest BCUT2D eigenvalue weighted by atomic mass is 10.2. The zero-order valence-corrected chi connectivity index (χ0v) is 15.5. The molecule has 0 saturated carbocycles. The molecule has 4 heterocycles. The van der Waals surface area contributed by atoms with Crippen LogP contribution in [-0.2, 0) is 15.0 Å². The standard InChI is InChI=1S/C15H15N5O5S2/c16-27(23,24)20-3-1-19(2-4-20)11-8-17-7-9-5-10(25-13(9)11)6-12-14(21)18-15(22)26-12/h5-8H,1-4H2,(H2,16,23,24)(H,18,21,22)/b12-6+. The molecule has 0 bridgehead atoms. The van der Waals surface area contributed by atoms with E-state index in [0.29, 0.717) is 24.4 Å². The molecule has 2 amide bonds. The number of carbonyl (C=O) groups is 2. The van der Waals surface area contributed by atoms with Crippen molar-refractivity contribution in [2.45, 2.75) is 0 Å². The Morgan fingerprint density at radius 2 is 1.96 bits per heavy atom. The number of furan rings is 1. The van der Waals surface area contributed by atoms with E-state index in [4.69, 9.17) is 9.56 Å². The molecule has 0 aromatic carbocycles. The number of pyridine rings is 1. The minimum absolute atomic E-state index is 0.260. The van der Waals surface area contributed by atoms with Gasteiger partial charge >= 0.3 is 0 Å². The Bertz CT molecular complexity index is 1070. The zero-order chi connectivity index (χ0) is 19.2. The van der Waals surface area contributed by atoms with Crippen molar-refractivity contribution >= 4 is 55.9 Å². The molecule has 142 valence electrons. The summed E-state index contributed by atoms with van der Waals surface area (Å²) in [7, 11) is -3.70. The smallest absolute Gasteiger partial charge is 0.290 e. The summed E-state index contributed by atoms with van der Waals surface area (Å²) in [5.74, 6) is -0.0299. The number of carbonyl (C=O) groups excluding carboxylic acids is 2. The van der Waals surface area contributed by atoms with E-state index in [9.17, 15) is 18.0 Å². The molecule has 3 N–H and O–H groups in total. The fourth-order valence-corrected chi connectivity index (χ4v) is 4.33. The molecule has 0 atom stereocenters. The van der Waals surface area contributed by atoms with Crippen molar-refractivity contribution in [3.05, 3.63) is 29.1 Å². The van der Waals surface area contributed by atoms with Gasteiger partial charge < -0.3 is 9.32 Å². The van der Waals surface area contributed by atoms with Crippen LogP contribution in [0.15, 0.2) is 27.8 Å². The number of piperazine rings is 1. The highest BCUT2D eigenvalue weighted by atomic mass is 32.2. The minimum Gasteiger partial charge on any atom is -0.454 e. The van der Waals surface area contributed by atoms with Crippen molar-refractivity contribution in [2.75, 3.05) is 31.1 Å². The number of aromatic nitrogens is 1. The van der Waals surface area contributed by atoms with Crippen LogP contribution in [0.5, 0.6) is 0 Å². The third kappa shape index (κ3) is 3.56. The Morgan fingerprint density at radius 1 is 1.22 bits per heavy atom. The Hall–Kier alpha value is -2.41. The predicted octanol–water partition coefficient (Wildman–Crippen LogP) is 0.477. The van der Waals surface area contributed by atoms with E-state index in [1.807, 2.05) is 4.90 Å². The Morgan fingerprint density at radius 3 is 2.59 bits per heavy atom. The fourth-order valence-electron chi connectivity index (χ4n) is 3.00. The summed E-state index contributed by atoms with van der Waals surface area (Å²) in [6, 6.07) is 1.73. The first-order chi connectivity index (χ1) is 12.8. The molecular weight excluding hydrogens is 394 g/mol. The maximum absolute atomic E-state index is 11.7. The number of imide groups is 1. The van der Waals surface area contributed by atoms with Crippen LogP contribution < -0.4 is 15.4 Å². The molecule has 12 heteroatoms. The predicted molar refractivity (Wildman–Crippen MR) is 100 cm³/mol. The number of thioether (sulfide) groups is 1. The number of hydrogen-bond donors (Lipinski definition) is 2. The number of nitrogens with two attached hydrogens (primary N) is 1. The van der Waals surface area contributed by atoms with Gasteiger partial charge in [-0.2, -0.15) is 12.7 Å². The summed E-state index contributed by atoms with van der Waals surface area (Å²) in [4.78, 5) is 29.4. The van der Waals surface area contributed by atoms with Crippen LogP contribution in [0.4, 0.5) is 10.5 Å². The van der Waals surface area contributed by atoms with Crippen molar-refractivity contribution < 1.29 is 22.4 Å². The first kappa shape index (κ1) is 18.0. The molecule has 2 saturated heterocycles. The van der Waals surface area contributed by atoms with E-state index in [2.05, 4.69) is 10.3 Å². The molecule has 0 radical (unpaired) electrons. The molecule has 10 nitrogen and oxygen atoms in total. The lowest BCUT2D eigenvalue weighted by Gasteiger charge is -2.34. The number of amides is 2. The summed E-state index contributed by atoms with van der Waals surface area (Å²) >= 11 is 0.814. The van der Waals surface area contributed by atoms with Gasteiger partial charge in [0.05, 0.1) is 16.8 Å². The third-order valence-electron chi connectivity index (χ3n) is 4.28. The highest BCUT2D eigenvalue weighted by molar-refractivity contribution is 8.18. The van der Waals surface area contributed by atoms with Crippen LogP contribution in [0.2, 0.25) is 0 Å². The van der Waals surface area contributed by atoms with Crippen LogP contribution in [-0.4, -0.2) is 55.0 Å². The van der Waals surface area contributed by atoms with Crippen LogP contribution in [0, 0.1) is 0 Å². The summed E-state index contributed by atoms with van der Waals surface area (Å²) in [6.07, 6.45) is 4.79. The van der Waals surface area contributed by atoms with Gasteiger partial charge in [-0.3, -0.25) is 19.9 Å². The maximum Gasteiger partial charge on any atom is 0.290 e. The molecular formula is C15H15N5O5S2. The highest BCUT2D eigenvalue weighted by Crippen LogP contribution is 2.32. The van der Waals surface area contributed by atoms with Crippen LogP contribution in [0.3, 0.4) is 0 Å². The van der Waals surface area contributed by atoms with E-state index in [1.165, 1.54) is 10.4 Å². The Kier molecular flexibility index (Phi) is 4.42. The van der Waals surface area contributed by atoms with Gasteiger partial charge in [0, 0.05) is 43.8 Å². The average molecular weight is 409 g/mol. The summed E-state index contributed by atoms with van der Waals surface area (Å²) < 4.78 is 30.0. The summed E-state index contributed by atoms with van der Waals surface area (Å²) in [5.41, 5.74) is 1.31. The summed E-state index contributed by atoms with van der Waals surface area (Å²) in [6.45, 7) is 1.43. The number of anilines is 1. The van der Waals surface area contributed by atoms with Gasteiger partial charge in [0.15, 0.2) is 5.58 Å². The Labute approximate surface area is 158 Å². The number of hydrogen-bond acceptors (Lipinski definition) is 8. The zero-order valence-electron chi connectivity index (χ0n) is 13.9. The molecule has 27 heavy (non-hydrogen) atoms. The molecule has 2 aromatic rings. The second kappa shape index (κ2) is 6.64. The third-order valence-corrected chi connectivity index (χ3v) is 6.17. The van der Waals surface area contributed by atoms with Crippen LogP contribution >= 0.6 is 11.8 Å². The van der Waals surface area contributed by atoms with E-state index in [1.54, 1.807) is 18.5 Å². The number of fused-ring (bicyclic) bond motifs is 1. The molecule has 0 aliphatic carbocycles. The monoisotopic (exact) mass is 409 g/mol. The number of nitrogens with zero attached hydrogens (tertiary/aromatic N) is 3. The lowest BCUT2D eigenvalue weighted by Crippen LogP contribution is -2.50. The topological polar surface area (TPSA) is 139 Å². The first-order valence-electron chi connectivity index (χ1n) is 7.96. The molecule has 0 unspecified atom stereocenters. The highest BCUT2D eigenvalue weighted by Gasteiger charge is 2.27. The van der Waals surface area contributed by atoms with E-state index in [0.717, 1.165) is 22.8 Å². The van der Waals surface area contributed by atoms with Gasteiger partial charge in [-0.1, -0.05) is 0 Å². The second-order valence-corrected chi connectivity index (χ2v) is 8.57. The average Bonchev–Trinajstić information content (AvgIpc) is 3.16. The minimum atomic E-state index is -3.70. The number of nitrogens with one attached hydrogen (secondary N) is 1. The largest absolute Gasteiger partial charge is 0.454 e. The molecule has 2 aromatic heterocycles. The molecule has 2 aliphatic rings.